The molecule has 11 nitrogen and oxygen atoms in total. The summed E-state index contributed by atoms with van der Waals surface area (Å²) >= 11 is 0. The van der Waals surface area contributed by atoms with Gasteiger partial charge in [-0.3, -0.25) is 28.9 Å². The Hall–Kier alpha value is -3.44. The second-order valence-corrected chi connectivity index (χ2v) is 11.1. The quantitative estimate of drug-likeness (QED) is 0.266. The number of primary amides is 1. The van der Waals surface area contributed by atoms with Gasteiger partial charge in [0.1, 0.15) is 12.4 Å². The summed E-state index contributed by atoms with van der Waals surface area (Å²) in [5.74, 6) is -10.5. The molecule has 0 saturated heterocycles. The van der Waals surface area contributed by atoms with Crippen LogP contribution in [-0.2, 0) is 30.4 Å². The fourth-order valence-corrected chi connectivity index (χ4v) is 6.28. The highest BCUT2D eigenvalue weighted by molar-refractivity contribution is 6.32. The van der Waals surface area contributed by atoms with Crippen molar-refractivity contribution in [1.29, 1.82) is 0 Å². The predicted molar refractivity (Wildman–Crippen MR) is 134 cm³/mol. The molecule has 1 amide bonds. The number of hydrogen-bond donors (Lipinski definition) is 3. The number of carbonyl (C=O) groups is 5. The van der Waals surface area contributed by atoms with Gasteiger partial charge in [0.2, 0.25) is 5.91 Å². The lowest BCUT2D eigenvalue weighted by molar-refractivity contribution is -0.181. The number of carbonyl (C=O) groups excluding carboxylic acids is 5. The number of Topliss-reactive ketones (excluding diaryl/α,β-unsaturated/α-hetero) is 4. The van der Waals surface area contributed by atoms with Crippen molar-refractivity contribution in [2.75, 3.05) is 20.7 Å². The summed E-state index contributed by atoms with van der Waals surface area (Å²) in [7, 11) is 3.09. The van der Waals surface area contributed by atoms with Crippen molar-refractivity contribution in [2.45, 2.75) is 45.3 Å². The van der Waals surface area contributed by atoms with Gasteiger partial charge in [-0.2, -0.15) is 0 Å². The molecule has 6 atom stereocenters. The Morgan fingerprint density at radius 2 is 1.87 bits per heavy atom. The molecule has 0 aliphatic heterocycles. The molecule has 4 rings (SSSR count). The van der Waals surface area contributed by atoms with Gasteiger partial charge in [-0.25, -0.2) is 0 Å². The normalized spacial score (nSPS) is 31.3. The average Bonchev–Trinajstić information content (AvgIpc) is 2.80. The Kier molecular flexibility index (Phi) is 7.04. The summed E-state index contributed by atoms with van der Waals surface area (Å²) in [5, 5.41) is 26.4. The number of hydrogen-bond acceptors (Lipinski definition) is 10. The highest BCUT2D eigenvalue weighted by Gasteiger charge is 2.69. The van der Waals surface area contributed by atoms with Gasteiger partial charge in [-0.15, -0.1) is 0 Å². The van der Waals surface area contributed by atoms with Crippen LogP contribution in [0.3, 0.4) is 0 Å². The zero-order valence-electron chi connectivity index (χ0n) is 22.1. The Balaban J connectivity index is 1.82. The lowest BCUT2D eigenvalue weighted by atomic mass is 9.52. The van der Waals surface area contributed by atoms with Gasteiger partial charge in [-0.05, 0) is 63.4 Å². The van der Waals surface area contributed by atoms with Crippen LogP contribution in [0, 0.1) is 29.6 Å². The van der Waals surface area contributed by atoms with Crippen LogP contribution in [0.2, 0.25) is 0 Å². The van der Waals surface area contributed by atoms with E-state index in [1.807, 2.05) is 13.8 Å². The van der Waals surface area contributed by atoms with Gasteiger partial charge >= 0.3 is 0 Å². The van der Waals surface area contributed by atoms with Crippen LogP contribution >= 0.6 is 0 Å². The maximum atomic E-state index is 13.8. The van der Waals surface area contributed by atoms with Crippen LogP contribution < -0.4 is 5.73 Å². The van der Waals surface area contributed by atoms with Crippen LogP contribution in [0.1, 0.15) is 48.7 Å². The molecule has 2 unspecified atom stereocenters. The van der Waals surface area contributed by atoms with Crippen molar-refractivity contribution in [2.24, 2.45) is 40.5 Å². The van der Waals surface area contributed by atoms with Crippen molar-refractivity contribution < 1.29 is 39.0 Å². The highest BCUT2D eigenvalue weighted by Crippen LogP contribution is 2.51. The number of aromatic hydroxyl groups is 1. The van der Waals surface area contributed by atoms with Crippen molar-refractivity contribution in [3.63, 3.8) is 0 Å². The summed E-state index contributed by atoms with van der Waals surface area (Å²) in [6, 6.07) is 1.80. The summed E-state index contributed by atoms with van der Waals surface area (Å²) in [6.45, 7) is 6.04. The Labute approximate surface area is 220 Å². The third-order valence-corrected chi connectivity index (χ3v) is 7.94. The third-order valence-electron chi connectivity index (χ3n) is 7.94. The molecule has 0 radical (unpaired) electrons. The van der Waals surface area contributed by atoms with Gasteiger partial charge in [0.15, 0.2) is 34.7 Å². The number of nitrogens with zero attached hydrogens (tertiary/aromatic N) is 2. The zero-order valence-corrected chi connectivity index (χ0v) is 22.1. The van der Waals surface area contributed by atoms with E-state index in [9.17, 15) is 34.2 Å². The lowest BCUT2D eigenvalue weighted by Crippen LogP contribution is -2.74. The van der Waals surface area contributed by atoms with Gasteiger partial charge in [-0.1, -0.05) is 19.0 Å². The van der Waals surface area contributed by atoms with Gasteiger partial charge in [0.25, 0.3) is 0 Å². The SMILES string of the molecule is CC(=NOCC(C)C)c1ccc(O)c2c1C[C@H]1C[C@H]3[C@H](N(C)C)C(=O)C(C(N)=O)C(=O)[C@@]3(O)C(=O)C1C2=O. The molecule has 2 saturated carbocycles. The van der Waals surface area contributed by atoms with Gasteiger partial charge < -0.3 is 20.8 Å². The zero-order chi connectivity index (χ0) is 28.3. The van der Waals surface area contributed by atoms with E-state index in [2.05, 4.69) is 5.16 Å². The minimum absolute atomic E-state index is 0.0148. The largest absolute Gasteiger partial charge is 0.507 e. The third kappa shape index (κ3) is 4.04. The summed E-state index contributed by atoms with van der Waals surface area (Å²) < 4.78 is 0. The maximum absolute atomic E-state index is 13.8. The standard InChI is InChI=1S/C27H33N3O8/c1-11(2)10-38-29-12(3)14-6-7-17(31)19-15(14)8-13-9-16-21(30(4)5)23(33)20(26(28)36)25(35)27(16,37)24(34)18(13)22(19)32/h6-7,11,13,16,18,20-21,31,37H,8-10H2,1-5H3,(H2,28,36)/t13-,16-,18?,20?,21-,27-/m0/s1. The topological polar surface area (TPSA) is 177 Å². The molecule has 204 valence electrons. The number of aliphatic hydroxyl groups is 1. The van der Waals surface area contributed by atoms with E-state index in [1.165, 1.54) is 11.0 Å². The second kappa shape index (κ2) is 9.70. The molecule has 11 heteroatoms. The molecule has 4 N–H and O–H groups in total. The lowest BCUT2D eigenvalue weighted by Gasteiger charge is -2.52. The predicted octanol–water partition coefficient (Wildman–Crippen LogP) is 0.264. The van der Waals surface area contributed by atoms with Crippen molar-refractivity contribution in [3.8, 4) is 5.75 Å². The molecule has 38 heavy (non-hydrogen) atoms. The van der Waals surface area contributed by atoms with E-state index in [-0.39, 0.29) is 30.1 Å². The van der Waals surface area contributed by atoms with E-state index in [1.54, 1.807) is 27.1 Å². The van der Waals surface area contributed by atoms with Crippen LogP contribution in [0.25, 0.3) is 0 Å². The van der Waals surface area contributed by atoms with Gasteiger partial charge in [0.05, 0.1) is 23.2 Å². The average molecular weight is 528 g/mol. The maximum Gasteiger partial charge on any atom is 0.235 e. The molecule has 0 spiro atoms. The minimum Gasteiger partial charge on any atom is -0.507 e. The first-order valence-corrected chi connectivity index (χ1v) is 12.6. The highest BCUT2D eigenvalue weighted by atomic mass is 16.6. The van der Waals surface area contributed by atoms with Crippen LogP contribution in [0.5, 0.6) is 5.75 Å². The number of nitrogens with two attached hydrogens (primary N) is 1. The van der Waals surface area contributed by atoms with Crippen LogP contribution in [0.15, 0.2) is 17.3 Å². The first-order chi connectivity index (χ1) is 17.7. The number of fused-ring (bicyclic) bond motifs is 3. The fraction of sp³-hybridized carbons (Fsp3) is 0.556. The summed E-state index contributed by atoms with van der Waals surface area (Å²) in [5.41, 5.74) is 4.03. The molecule has 3 aliphatic carbocycles. The smallest absolute Gasteiger partial charge is 0.235 e. The number of ketones is 4. The first kappa shape index (κ1) is 27.6. The fourth-order valence-electron chi connectivity index (χ4n) is 6.28. The number of phenols is 1. The monoisotopic (exact) mass is 527 g/mol. The number of amides is 1. The second-order valence-electron chi connectivity index (χ2n) is 11.1. The van der Waals surface area contributed by atoms with E-state index in [4.69, 9.17) is 10.6 Å². The minimum atomic E-state index is -2.74. The molecule has 0 bridgehead atoms. The molecule has 0 aromatic heterocycles. The molecule has 1 aromatic carbocycles. The van der Waals surface area contributed by atoms with Gasteiger partial charge in [0, 0.05) is 11.5 Å². The van der Waals surface area contributed by atoms with Crippen molar-refractivity contribution in [1.82, 2.24) is 4.90 Å². The first-order valence-electron chi connectivity index (χ1n) is 12.6. The Morgan fingerprint density at radius 3 is 2.45 bits per heavy atom. The number of likely N-dealkylation sites (N-methyl/N-ethyl adjacent to an activating group) is 1. The summed E-state index contributed by atoms with van der Waals surface area (Å²) in [4.78, 5) is 72.9. The number of oxime groups is 1. The summed E-state index contributed by atoms with van der Waals surface area (Å²) in [6.07, 6.45) is 0.144. The van der Waals surface area contributed by atoms with Crippen LogP contribution in [-0.4, -0.2) is 82.2 Å². The van der Waals surface area contributed by atoms with Crippen LogP contribution in [0.4, 0.5) is 0 Å². The van der Waals surface area contributed by atoms with Crippen molar-refractivity contribution in [3.05, 3.63) is 28.8 Å². The molecule has 0 heterocycles. The number of phenolic OH excluding ortho intramolecular Hbond substituents is 1. The van der Waals surface area contributed by atoms with Crippen molar-refractivity contribution >= 4 is 34.8 Å². The Morgan fingerprint density at radius 1 is 1.21 bits per heavy atom. The molecule has 1 aromatic rings. The number of benzene rings is 1. The van der Waals surface area contributed by atoms with E-state index in [0.29, 0.717) is 23.4 Å². The molecule has 3 aliphatic rings. The van der Waals surface area contributed by atoms with E-state index >= 15 is 0 Å². The van der Waals surface area contributed by atoms with E-state index in [0.717, 1.165) is 0 Å². The molecular weight excluding hydrogens is 494 g/mol. The Bertz CT molecular complexity index is 1270. The van der Waals surface area contributed by atoms with E-state index < -0.39 is 64.4 Å². The molecule has 2 fully saturated rings. The molecular formula is C27H33N3O8. The number of rotatable bonds is 6.